The largest absolute Gasteiger partial charge is 0.369 e. The van der Waals surface area contributed by atoms with Gasteiger partial charge >= 0.3 is 0 Å². The smallest absolute Gasteiger partial charge is 0.0367 e. The summed E-state index contributed by atoms with van der Waals surface area (Å²) in [4.78, 5) is 5.21. The number of para-hydroxylation sites is 1. The van der Waals surface area contributed by atoms with E-state index < -0.39 is 0 Å². The average Bonchev–Trinajstić information content (AvgIpc) is 2.52. The zero-order chi connectivity index (χ0) is 15.4. The van der Waals surface area contributed by atoms with Gasteiger partial charge < -0.3 is 10.2 Å². The number of nitrogens with one attached hydrogen (secondary N) is 1. The Hall–Kier alpha value is -1.06. The van der Waals surface area contributed by atoms with Gasteiger partial charge in [-0.1, -0.05) is 32.0 Å². The Kier molecular flexibility index (Phi) is 5.04. The number of nitrogens with zero attached hydrogens (tertiary/aromatic N) is 2. The molecule has 0 atom stereocenters. The van der Waals surface area contributed by atoms with Gasteiger partial charge in [0.2, 0.25) is 0 Å². The molecule has 122 valence electrons. The zero-order valence-electron chi connectivity index (χ0n) is 14.2. The fraction of sp³-hybridized carbons (Fsp3) is 0.684. The highest BCUT2D eigenvalue weighted by atomic mass is 15.3. The Morgan fingerprint density at radius 1 is 1.00 bits per heavy atom. The van der Waals surface area contributed by atoms with Crippen molar-refractivity contribution < 1.29 is 0 Å². The highest BCUT2D eigenvalue weighted by molar-refractivity contribution is 5.46. The van der Waals surface area contributed by atoms with E-state index in [1.54, 1.807) is 0 Å². The second-order valence-electron chi connectivity index (χ2n) is 7.00. The van der Waals surface area contributed by atoms with Gasteiger partial charge in [-0.3, -0.25) is 4.90 Å². The third-order valence-corrected chi connectivity index (χ3v) is 5.45. The van der Waals surface area contributed by atoms with Crippen LogP contribution in [0.15, 0.2) is 30.3 Å². The maximum Gasteiger partial charge on any atom is 0.0367 e. The summed E-state index contributed by atoms with van der Waals surface area (Å²) >= 11 is 0. The molecule has 2 saturated heterocycles. The summed E-state index contributed by atoms with van der Waals surface area (Å²) in [7, 11) is 0. The first-order valence-electron chi connectivity index (χ1n) is 9.06. The second-order valence-corrected chi connectivity index (χ2v) is 7.00. The predicted molar refractivity (Wildman–Crippen MR) is 94.5 cm³/mol. The molecule has 3 nitrogen and oxygen atoms in total. The van der Waals surface area contributed by atoms with Crippen LogP contribution >= 0.6 is 0 Å². The monoisotopic (exact) mass is 301 g/mol. The standard InChI is InChI=1S/C17H25N3.C2H6/c1-2-4-16(5-3-1)20-8-6-19(7-9-20)12-15-10-17(11-15)13-18-14-17;1-2/h1-5,15,18H,6-14H2;1-2H3. The molecule has 0 amide bonds. The lowest BCUT2D eigenvalue weighted by molar-refractivity contribution is -0.0161. The fourth-order valence-corrected chi connectivity index (χ4v) is 4.25. The van der Waals surface area contributed by atoms with Crippen LogP contribution in [0.2, 0.25) is 0 Å². The van der Waals surface area contributed by atoms with Crippen molar-refractivity contribution in [3.05, 3.63) is 30.3 Å². The molecule has 1 aromatic carbocycles. The molecule has 3 aliphatic rings. The van der Waals surface area contributed by atoms with Gasteiger partial charge in [0.25, 0.3) is 0 Å². The summed E-state index contributed by atoms with van der Waals surface area (Å²) in [5.41, 5.74) is 2.12. The van der Waals surface area contributed by atoms with Crippen molar-refractivity contribution in [2.75, 3.05) is 50.7 Å². The highest BCUT2D eigenvalue weighted by Gasteiger charge is 2.48. The average molecular weight is 301 g/mol. The molecule has 2 aliphatic heterocycles. The molecule has 22 heavy (non-hydrogen) atoms. The van der Waals surface area contributed by atoms with Crippen LogP contribution in [-0.4, -0.2) is 50.7 Å². The molecule has 0 bridgehead atoms. The van der Waals surface area contributed by atoms with Gasteiger partial charge in [-0.2, -0.15) is 0 Å². The maximum atomic E-state index is 3.43. The third-order valence-electron chi connectivity index (χ3n) is 5.45. The quantitative estimate of drug-likeness (QED) is 0.926. The number of rotatable bonds is 3. The number of anilines is 1. The molecule has 1 aromatic rings. The molecule has 4 rings (SSSR count). The highest BCUT2D eigenvalue weighted by Crippen LogP contribution is 2.48. The lowest BCUT2D eigenvalue weighted by Crippen LogP contribution is -2.62. The van der Waals surface area contributed by atoms with Crippen molar-refractivity contribution in [3.63, 3.8) is 0 Å². The lowest BCUT2D eigenvalue weighted by Gasteiger charge is -2.55. The van der Waals surface area contributed by atoms with Gasteiger partial charge in [0.15, 0.2) is 0 Å². The van der Waals surface area contributed by atoms with Crippen LogP contribution in [0.3, 0.4) is 0 Å². The molecule has 0 unspecified atom stereocenters. The van der Waals surface area contributed by atoms with Gasteiger partial charge in [0.05, 0.1) is 0 Å². The molecule has 1 N–H and O–H groups in total. The summed E-state index contributed by atoms with van der Waals surface area (Å²) < 4.78 is 0. The van der Waals surface area contributed by atoms with Crippen LogP contribution in [0.25, 0.3) is 0 Å². The first kappa shape index (κ1) is 15.8. The summed E-state index contributed by atoms with van der Waals surface area (Å²) in [6.07, 6.45) is 2.94. The molecule has 1 saturated carbocycles. The van der Waals surface area contributed by atoms with E-state index in [0.29, 0.717) is 0 Å². The van der Waals surface area contributed by atoms with Crippen LogP contribution < -0.4 is 10.2 Å². The summed E-state index contributed by atoms with van der Waals surface area (Å²) in [6, 6.07) is 10.8. The van der Waals surface area contributed by atoms with Crippen LogP contribution in [-0.2, 0) is 0 Å². The molecule has 1 aliphatic carbocycles. The van der Waals surface area contributed by atoms with Crippen molar-refractivity contribution in [2.24, 2.45) is 11.3 Å². The zero-order valence-corrected chi connectivity index (χ0v) is 14.2. The molecule has 1 spiro atoms. The minimum atomic E-state index is 0.733. The van der Waals surface area contributed by atoms with Gasteiger partial charge in [0.1, 0.15) is 0 Å². The molecule has 0 radical (unpaired) electrons. The van der Waals surface area contributed by atoms with Crippen molar-refractivity contribution >= 4 is 5.69 Å². The number of hydrogen-bond acceptors (Lipinski definition) is 3. The molecule has 2 heterocycles. The molecular weight excluding hydrogens is 270 g/mol. The lowest BCUT2D eigenvalue weighted by atomic mass is 9.58. The van der Waals surface area contributed by atoms with Crippen molar-refractivity contribution in [1.29, 1.82) is 0 Å². The van der Waals surface area contributed by atoms with E-state index in [4.69, 9.17) is 0 Å². The van der Waals surface area contributed by atoms with E-state index in [9.17, 15) is 0 Å². The van der Waals surface area contributed by atoms with Gasteiger partial charge in [0, 0.05) is 51.5 Å². The second kappa shape index (κ2) is 7.01. The Morgan fingerprint density at radius 3 is 2.18 bits per heavy atom. The minimum Gasteiger partial charge on any atom is -0.369 e. The summed E-state index contributed by atoms with van der Waals surface area (Å²) in [5, 5.41) is 3.43. The molecule has 3 heteroatoms. The SMILES string of the molecule is CC.c1ccc(N2CCN(CC3CC4(CNC4)C3)CC2)cc1. The molecule has 3 fully saturated rings. The van der Waals surface area contributed by atoms with Crippen LogP contribution in [0.5, 0.6) is 0 Å². The predicted octanol–water partition coefficient (Wildman–Crippen LogP) is 2.83. The first-order chi connectivity index (χ1) is 10.8. The third kappa shape index (κ3) is 3.31. The van der Waals surface area contributed by atoms with Crippen molar-refractivity contribution in [1.82, 2.24) is 10.2 Å². The molecular formula is C19H31N3. The van der Waals surface area contributed by atoms with Crippen LogP contribution in [0, 0.1) is 11.3 Å². The number of hydrogen-bond donors (Lipinski definition) is 1. The van der Waals surface area contributed by atoms with Crippen LogP contribution in [0.4, 0.5) is 5.69 Å². The number of benzene rings is 1. The Balaban J connectivity index is 0.000000693. The van der Waals surface area contributed by atoms with Crippen molar-refractivity contribution in [2.45, 2.75) is 26.7 Å². The van der Waals surface area contributed by atoms with E-state index >= 15 is 0 Å². The maximum absolute atomic E-state index is 3.43. The van der Waals surface area contributed by atoms with E-state index in [0.717, 1.165) is 11.3 Å². The van der Waals surface area contributed by atoms with Crippen molar-refractivity contribution in [3.8, 4) is 0 Å². The Morgan fingerprint density at radius 2 is 1.64 bits per heavy atom. The van der Waals surface area contributed by atoms with Crippen LogP contribution in [0.1, 0.15) is 26.7 Å². The van der Waals surface area contributed by atoms with E-state index in [-0.39, 0.29) is 0 Å². The Bertz CT molecular complexity index is 439. The first-order valence-corrected chi connectivity index (χ1v) is 9.06. The van der Waals surface area contributed by atoms with E-state index in [2.05, 4.69) is 45.4 Å². The van der Waals surface area contributed by atoms with E-state index in [1.165, 1.54) is 64.3 Å². The minimum absolute atomic E-state index is 0.733. The van der Waals surface area contributed by atoms with Gasteiger partial charge in [-0.05, 0) is 36.3 Å². The summed E-state index contributed by atoms with van der Waals surface area (Å²) in [6.45, 7) is 12.7. The fourth-order valence-electron chi connectivity index (χ4n) is 4.25. The summed E-state index contributed by atoms with van der Waals surface area (Å²) in [5.74, 6) is 0.973. The molecule has 0 aromatic heterocycles. The van der Waals surface area contributed by atoms with Gasteiger partial charge in [-0.15, -0.1) is 0 Å². The van der Waals surface area contributed by atoms with E-state index in [1.807, 2.05) is 13.8 Å². The number of piperazine rings is 1. The van der Waals surface area contributed by atoms with Gasteiger partial charge in [-0.25, -0.2) is 0 Å². The Labute approximate surface area is 135 Å². The topological polar surface area (TPSA) is 18.5 Å². The normalized spacial score (nSPS) is 24.2.